The number of hydrogen-bond acceptors (Lipinski definition) is 12. The maximum absolute atomic E-state index is 10.2. The second-order valence-corrected chi connectivity index (χ2v) is 16.8. The van der Waals surface area contributed by atoms with E-state index >= 15 is 0 Å². The molecule has 12 nitrogen and oxygen atoms in total. The molecule has 324 valence electrons. The first-order valence-corrected chi connectivity index (χ1v) is 21.4. The van der Waals surface area contributed by atoms with Gasteiger partial charge in [-0.2, -0.15) is 0 Å². The topological polar surface area (TPSA) is 155 Å². The zero-order valence-electron chi connectivity index (χ0n) is 32.8. The van der Waals surface area contributed by atoms with Gasteiger partial charge in [0.05, 0.1) is 20.1 Å². The van der Waals surface area contributed by atoms with Gasteiger partial charge in [0.15, 0.2) is 46.0 Å². The first kappa shape index (κ1) is 44.3. The molecule has 0 bridgehead atoms. The molecule has 4 atom stereocenters. The van der Waals surface area contributed by atoms with Gasteiger partial charge in [0.2, 0.25) is 27.2 Å². The second-order valence-electron chi connectivity index (χ2n) is 15.2. The van der Waals surface area contributed by atoms with E-state index in [1.54, 1.807) is 0 Å². The van der Waals surface area contributed by atoms with Crippen LogP contribution in [0.5, 0.6) is 46.0 Å². The number of fused-ring (bicyclic) bond motifs is 4. The summed E-state index contributed by atoms with van der Waals surface area (Å²) in [7, 11) is 0. The highest BCUT2D eigenvalue weighted by molar-refractivity contribution is 6.33. The lowest BCUT2D eigenvalue weighted by Crippen LogP contribution is -2.23. The Labute approximate surface area is 368 Å². The summed E-state index contributed by atoms with van der Waals surface area (Å²) in [6.07, 6.45) is 5.49. The Hall–Kier alpha value is -3.72. The zero-order valence-corrected chi connectivity index (χ0v) is 35.8. The normalized spacial score (nSPS) is 16.0. The highest BCUT2D eigenvalue weighted by Gasteiger charge is 2.28. The average molecular weight is 911 g/mol. The van der Waals surface area contributed by atoms with E-state index in [-0.39, 0.29) is 77.3 Å². The first-order chi connectivity index (χ1) is 29.2. The van der Waals surface area contributed by atoms with Crippen molar-refractivity contribution in [3.05, 3.63) is 90.9 Å². The van der Waals surface area contributed by atoms with Crippen molar-refractivity contribution in [1.29, 1.82) is 0 Å². The van der Waals surface area contributed by atoms with Gasteiger partial charge < -0.3 is 58.3 Å². The molecule has 0 radical (unpaired) electrons. The molecule has 0 spiro atoms. The third-order valence-electron chi connectivity index (χ3n) is 11.2. The highest BCUT2D eigenvalue weighted by atomic mass is 35.5. The molecular formula is C44H48Cl4O12. The Morgan fingerprint density at radius 3 is 0.900 bits per heavy atom. The summed E-state index contributed by atoms with van der Waals surface area (Å²) in [5.74, 6) is 5.00. The summed E-state index contributed by atoms with van der Waals surface area (Å²) in [5, 5.41) is 41.2. The van der Waals surface area contributed by atoms with Crippen molar-refractivity contribution in [2.75, 3.05) is 53.6 Å². The minimum Gasteiger partial charge on any atom is -0.454 e. The Balaban J connectivity index is 0.000000181. The van der Waals surface area contributed by atoms with Gasteiger partial charge in [-0.15, -0.1) is 0 Å². The van der Waals surface area contributed by atoms with E-state index in [4.69, 9.17) is 84.3 Å². The SMILES string of the molecule is OCCC[C@@H](Cc1cc(Cl)c2c(c1)OCO2)[C@@H](CO)Cc1cc(Cl)c2c(c1)OCO2.OCCC[C@H](Cc1cc(Cl)c2c(c1)OCO2)[C@H](CO)Cc1cc(Cl)c2c(c1)OCO2. The van der Waals surface area contributed by atoms with Crippen molar-refractivity contribution in [1.82, 2.24) is 0 Å². The number of aliphatic hydroxyl groups excluding tert-OH is 4. The third-order valence-corrected chi connectivity index (χ3v) is 12.3. The summed E-state index contributed by atoms with van der Waals surface area (Å²) in [6, 6.07) is 15.2. The van der Waals surface area contributed by atoms with Crippen LogP contribution in [0.2, 0.25) is 20.1 Å². The van der Waals surface area contributed by atoms with Crippen LogP contribution in [0.3, 0.4) is 0 Å². The first-order valence-electron chi connectivity index (χ1n) is 19.9. The van der Waals surface area contributed by atoms with Crippen molar-refractivity contribution in [2.45, 2.75) is 51.4 Å². The molecule has 4 aromatic rings. The number of rotatable bonds is 18. The summed E-state index contributed by atoms with van der Waals surface area (Å²) in [6.45, 7) is 0.880. The van der Waals surface area contributed by atoms with Crippen LogP contribution in [0.25, 0.3) is 0 Å². The number of ether oxygens (including phenoxy) is 8. The van der Waals surface area contributed by atoms with Gasteiger partial charge in [-0.25, -0.2) is 0 Å². The van der Waals surface area contributed by atoms with Crippen molar-refractivity contribution in [3.63, 3.8) is 0 Å². The maximum atomic E-state index is 10.2. The molecule has 4 aromatic carbocycles. The molecule has 0 aromatic heterocycles. The number of benzene rings is 4. The van der Waals surface area contributed by atoms with E-state index in [2.05, 4.69) is 0 Å². The lowest BCUT2D eigenvalue weighted by molar-refractivity contribution is 0.158. The molecule has 4 N–H and O–H groups in total. The smallest absolute Gasteiger partial charge is 0.231 e. The predicted octanol–water partition coefficient (Wildman–Crippen LogP) is 8.47. The second kappa shape index (κ2) is 20.9. The van der Waals surface area contributed by atoms with E-state index in [1.807, 2.05) is 48.5 Å². The van der Waals surface area contributed by atoms with Gasteiger partial charge in [0, 0.05) is 26.4 Å². The van der Waals surface area contributed by atoms with E-state index in [0.717, 1.165) is 35.1 Å². The quantitative estimate of drug-likeness (QED) is 0.0758. The Morgan fingerprint density at radius 1 is 0.383 bits per heavy atom. The number of hydrogen-bond donors (Lipinski definition) is 4. The molecule has 0 aliphatic carbocycles. The molecule has 60 heavy (non-hydrogen) atoms. The fourth-order valence-corrected chi connectivity index (χ4v) is 9.39. The van der Waals surface area contributed by atoms with Crippen LogP contribution in [-0.4, -0.2) is 74.0 Å². The van der Waals surface area contributed by atoms with Crippen molar-refractivity contribution in [3.8, 4) is 46.0 Å². The number of aliphatic hydroxyl groups is 4. The van der Waals surface area contributed by atoms with Crippen LogP contribution < -0.4 is 37.9 Å². The van der Waals surface area contributed by atoms with E-state index < -0.39 is 0 Å². The van der Waals surface area contributed by atoms with E-state index in [9.17, 15) is 20.4 Å². The maximum Gasteiger partial charge on any atom is 0.231 e. The zero-order chi connectivity index (χ0) is 42.2. The van der Waals surface area contributed by atoms with Gasteiger partial charge in [0.25, 0.3) is 0 Å². The summed E-state index contributed by atoms with van der Waals surface area (Å²) < 4.78 is 43.4. The largest absolute Gasteiger partial charge is 0.454 e. The van der Waals surface area contributed by atoms with Crippen LogP contribution in [-0.2, 0) is 25.7 Å². The van der Waals surface area contributed by atoms with Crippen molar-refractivity contribution in [2.24, 2.45) is 23.7 Å². The monoisotopic (exact) mass is 908 g/mol. The molecule has 0 saturated heterocycles. The molecule has 4 aliphatic heterocycles. The van der Waals surface area contributed by atoms with Gasteiger partial charge in [-0.05, 0) is 146 Å². The van der Waals surface area contributed by atoms with Crippen LogP contribution in [0, 0.1) is 23.7 Å². The average Bonchev–Trinajstić information content (AvgIpc) is 4.08. The Bertz CT molecular complexity index is 1950. The van der Waals surface area contributed by atoms with Crippen molar-refractivity contribution < 1.29 is 58.3 Å². The summed E-state index contributed by atoms with van der Waals surface area (Å²) in [4.78, 5) is 0. The van der Waals surface area contributed by atoms with Gasteiger partial charge >= 0.3 is 0 Å². The lowest BCUT2D eigenvalue weighted by Gasteiger charge is -2.26. The van der Waals surface area contributed by atoms with E-state index in [0.29, 0.717) is 105 Å². The third kappa shape index (κ3) is 10.7. The van der Waals surface area contributed by atoms with Gasteiger partial charge in [-0.3, -0.25) is 0 Å². The fourth-order valence-electron chi connectivity index (χ4n) is 8.24. The molecule has 8 rings (SSSR count). The Morgan fingerprint density at radius 2 is 0.650 bits per heavy atom. The standard InChI is InChI=1S/2C22H24Cl2O6/c2*23-17-6-13(8-19-21(17)29-11-27-19)4-15(2-1-3-25)16(10-26)5-14-7-18(24)22-20(9-14)28-12-30-22/h2*6-9,15-16,25-26H,1-5,10-12H2/t2*15-,16+/m10/s1. The lowest BCUT2D eigenvalue weighted by atomic mass is 9.80. The van der Waals surface area contributed by atoms with Crippen LogP contribution in [0.1, 0.15) is 47.9 Å². The van der Waals surface area contributed by atoms with Gasteiger partial charge in [0.1, 0.15) is 0 Å². The molecular weight excluding hydrogens is 862 g/mol. The molecule has 4 aliphatic rings. The molecule has 0 fully saturated rings. The minimum atomic E-state index is -0.0304. The van der Waals surface area contributed by atoms with Crippen LogP contribution in [0.15, 0.2) is 48.5 Å². The predicted molar refractivity (Wildman–Crippen MR) is 226 cm³/mol. The van der Waals surface area contributed by atoms with Crippen LogP contribution in [0.4, 0.5) is 0 Å². The molecule has 0 unspecified atom stereocenters. The minimum absolute atomic E-state index is 0.0143. The van der Waals surface area contributed by atoms with Gasteiger partial charge in [-0.1, -0.05) is 46.4 Å². The molecule has 16 heteroatoms. The highest BCUT2D eigenvalue weighted by Crippen LogP contribution is 2.45. The van der Waals surface area contributed by atoms with Crippen molar-refractivity contribution >= 4 is 46.4 Å². The summed E-state index contributed by atoms with van der Waals surface area (Å²) >= 11 is 25.3. The summed E-state index contributed by atoms with van der Waals surface area (Å²) in [5.41, 5.74) is 3.96. The molecule has 0 saturated carbocycles. The van der Waals surface area contributed by atoms with E-state index in [1.165, 1.54) is 0 Å². The fraction of sp³-hybridized carbons (Fsp3) is 0.455. The molecule has 0 amide bonds. The number of halogens is 4. The molecule has 4 heterocycles. The Kier molecular flexibility index (Phi) is 15.4. The van der Waals surface area contributed by atoms with Crippen LogP contribution >= 0.6 is 46.4 Å².